The van der Waals surface area contributed by atoms with Crippen molar-refractivity contribution < 1.29 is 9.31 Å². The van der Waals surface area contributed by atoms with E-state index < -0.39 is 0 Å². The summed E-state index contributed by atoms with van der Waals surface area (Å²) in [5.41, 5.74) is 3.34. The largest absolute Gasteiger partial charge is 0.461 e. The highest BCUT2D eigenvalue weighted by molar-refractivity contribution is 6.47. The lowest BCUT2D eigenvalue weighted by molar-refractivity contribution is 0.00578. The molecule has 2 aromatic rings. The summed E-state index contributed by atoms with van der Waals surface area (Å²) in [6.45, 7) is 12.9. The van der Waals surface area contributed by atoms with Gasteiger partial charge >= 0.3 is 7.12 Å². The van der Waals surface area contributed by atoms with E-state index in [0.29, 0.717) is 0 Å². The predicted octanol–water partition coefficient (Wildman–Crippen LogP) is 5.61. The van der Waals surface area contributed by atoms with E-state index in [1.807, 2.05) is 0 Å². The van der Waals surface area contributed by atoms with Crippen LogP contribution in [0.3, 0.4) is 0 Å². The van der Waals surface area contributed by atoms with Gasteiger partial charge in [-0.25, -0.2) is 0 Å². The third-order valence-corrected chi connectivity index (χ3v) is 5.91. The predicted molar refractivity (Wildman–Crippen MR) is 105 cm³/mol. The molecule has 0 aliphatic carbocycles. The van der Waals surface area contributed by atoms with Gasteiger partial charge in [0.05, 0.1) is 11.2 Å². The standard InChI is InChI=1S/C22H29BO2/c1-16-12-10-11-15-19(16)20(18-13-8-7-9-14-18)17(2)23-24-21(3,4)22(5,6)25-23/h7-15,17,20H,1-6H3/t17-,20-/m1/s1. The van der Waals surface area contributed by atoms with E-state index in [0.717, 1.165) is 0 Å². The molecule has 1 fully saturated rings. The van der Waals surface area contributed by atoms with Crippen molar-refractivity contribution in [2.24, 2.45) is 0 Å². The summed E-state index contributed by atoms with van der Waals surface area (Å²) in [5, 5.41) is 0. The van der Waals surface area contributed by atoms with Crippen molar-refractivity contribution in [1.82, 2.24) is 0 Å². The minimum atomic E-state index is -0.307. The highest BCUT2D eigenvalue weighted by atomic mass is 16.7. The lowest BCUT2D eigenvalue weighted by Gasteiger charge is -2.32. The molecule has 0 spiro atoms. The molecule has 3 heteroatoms. The lowest BCUT2D eigenvalue weighted by atomic mass is 9.62. The van der Waals surface area contributed by atoms with Crippen LogP contribution in [0, 0.1) is 6.92 Å². The summed E-state index contributed by atoms with van der Waals surface area (Å²) in [5.74, 6) is 0.432. The molecule has 0 saturated carbocycles. The number of hydrogen-bond donors (Lipinski definition) is 0. The molecule has 1 saturated heterocycles. The van der Waals surface area contributed by atoms with Crippen molar-refractivity contribution >= 4 is 7.12 Å². The molecule has 0 radical (unpaired) electrons. The van der Waals surface area contributed by atoms with Gasteiger partial charge in [-0.05, 0) is 51.3 Å². The van der Waals surface area contributed by atoms with E-state index in [1.54, 1.807) is 0 Å². The number of benzene rings is 2. The number of rotatable bonds is 4. The number of aryl methyl sites for hydroxylation is 1. The smallest absolute Gasteiger partial charge is 0.403 e. The van der Waals surface area contributed by atoms with Gasteiger partial charge in [-0.2, -0.15) is 0 Å². The van der Waals surface area contributed by atoms with E-state index >= 15 is 0 Å². The Hall–Kier alpha value is -1.58. The summed E-state index contributed by atoms with van der Waals surface area (Å²) < 4.78 is 12.7. The van der Waals surface area contributed by atoms with E-state index in [2.05, 4.69) is 96.1 Å². The van der Waals surface area contributed by atoms with Crippen LogP contribution in [-0.2, 0) is 9.31 Å². The maximum atomic E-state index is 6.37. The van der Waals surface area contributed by atoms with E-state index in [-0.39, 0.29) is 30.1 Å². The molecule has 2 nitrogen and oxygen atoms in total. The van der Waals surface area contributed by atoms with E-state index in [9.17, 15) is 0 Å². The molecule has 1 heterocycles. The van der Waals surface area contributed by atoms with Crippen molar-refractivity contribution in [2.75, 3.05) is 0 Å². The molecule has 0 amide bonds. The molecule has 0 aromatic heterocycles. The molecular weight excluding hydrogens is 307 g/mol. The first-order valence-electron chi connectivity index (χ1n) is 9.19. The van der Waals surface area contributed by atoms with Gasteiger partial charge in [0, 0.05) is 11.7 Å². The second-order valence-corrected chi connectivity index (χ2v) is 8.23. The van der Waals surface area contributed by atoms with Crippen molar-refractivity contribution in [3.63, 3.8) is 0 Å². The van der Waals surface area contributed by atoms with Crippen LogP contribution >= 0.6 is 0 Å². The first-order valence-corrected chi connectivity index (χ1v) is 9.19. The first kappa shape index (κ1) is 18.2. The summed E-state index contributed by atoms with van der Waals surface area (Å²) in [6, 6.07) is 19.3. The maximum absolute atomic E-state index is 6.37. The zero-order chi connectivity index (χ0) is 18.2. The third kappa shape index (κ3) is 3.40. The van der Waals surface area contributed by atoms with Gasteiger partial charge in [-0.3, -0.25) is 0 Å². The van der Waals surface area contributed by atoms with E-state index in [1.165, 1.54) is 16.7 Å². The van der Waals surface area contributed by atoms with Crippen LogP contribution in [0.1, 0.15) is 57.2 Å². The average molecular weight is 336 g/mol. The van der Waals surface area contributed by atoms with Gasteiger partial charge in [0.15, 0.2) is 0 Å². The molecule has 25 heavy (non-hydrogen) atoms. The third-order valence-electron chi connectivity index (χ3n) is 5.91. The molecule has 3 rings (SSSR count). The highest BCUT2D eigenvalue weighted by Gasteiger charge is 2.54. The van der Waals surface area contributed by atoms with Crippen molar-refractivity contribution in [1.29, 1.82) is 0 Å². The normalized spacial score (nSPS) is 21.1. The van der Waals surface area contributed by atoms with Gasteiger partial charge in [0.1, 0.15) is 0 Å². The Morgan fingerprint density at radius 3 is 1.88 bits per heavy atom. The SMILES string of the molecule is Cc1ccccc1[C@@H](c1ccccc1)[C@@H](C)B1OC(C)(C)C(C)(C)O1. The highest BCUT2D eigenvalue weighted by Crippen LogP contribution is 2.46. The summed E-state index contributed by atoms with van der Waals surface area (Å²) in [7, 11) is -0.227. The Morgan fingerprint density at radius 1 is 0.800 bits per heavy atom. The second-order valence-electron chi connectivity index (χ2n) is 8.23. The summed E-state index contributed by atoms with van der Waals surface area (Å²) >= 11 is 0. The first-order chi connectivity index (χ1) is 11.7. The molecule has 2 atom stereocenters. The fraction of sp³-hybridized carbons (Fsp3) is 0.455. The number of hydrogen-bond acceptors (Lipinski definition) is 2. The van der Waals surface area contributed by atoms with Gasteiger partial charge in [0.2, 0.25) is 0 Å². The monoisotopic (exact) mass is 336 g/mol. The molecule has 1 aliphatic heterocycles. The molecule has 2 aromatic carbocycles. The topological polar surface area (TPSA) is 18.5 Å². The van der Waals surface area contributed by atoms with Crippen LogP contribution in [0.5, 0.6) is 0 Å². The minimum Gasteiger partial charge on any atom is -0.403 e. The van der Waals surface area contributed by atoms with Crippen LogP contribution in [0.4, 0.5) is 0 Å². The Bertz CT molecular complexity index is 708. The maximum Gasteiger partial charge on any atom is 0.461 e. The zero-order valence-electron chi connectivity index (χ0n) is 16.2. The fourth-order valence-electron chi connectivity index (χ4n) is 3.62. The molecule has 0 N–H and O–H groups in total. The lowest BCUT2D eigenvalue weighted by Crippen LogP contribution is -2.41. The van der Waals surface area contributed by atoms with Gasteiger partial charge in [-0.1, -0.05) is 61.5 Å². The van der Waals surface area contributed by atoms with Crippen molar-refractivity contribution in [2.45, 2.75) is 64.5 Å². The van der Waals surface area contributed by atoms with Crippen LogP contribution < -0.4 is 0 Å². The Balaban J connectivity index is 2.00. The Morgan fingerprint density at radius 2 is 1.32 bits per heavy atom. The molecule has 0 bridgehead atoms. The Labute approximate surface area is 152 Å². The van der Waals surface area contributed by atoms with Gasteiger partial charge in [0.25, 0.3) is 0 Å². The average Bonchev–Trinajstić information content (AvgIpc) is 2.78. The zero-order valence-corrected chi connectivity index (χ0v) is 16.2. The van der Waals surface area contributed by atoms with Gasteiger partial charge < -0.3 is 9.31 Å². The molecule has 0 unspecified atom stereocenters. The fourth-order valence-corrected chi connectivity index (χ4v) is 3.62. The quantitative estimate of drug-likeness (QED) is 0.676. The minimum absolute atomic E-state index is 0.199. The van der Waals surface area contributed by atoms with Crippen molar-refractivity contribution in [3.8, 4) is 0 Å². The van der Waals surface area contributed by atoms with Gasteiger partial charge in [-0.15, -0.1) is 0 Å². The van der Waals surface area contributed by atoms with Crippen molar-refractivity contribution in [3.05, 3.63) is 71.3 Å². The summed E-state index contributed by atoms with van der Waals surface area (Å²) in [6.07, 6.45) is 0. The van der Waals surface area contributed by atoms with Crippen LogP contribution in [0.2, 0.25) is 5.82 Å². The molecule has 1 aliphatic rings. The van der Waals surface area contributed by atoms with Crippen LogP contribution in [0.25, 0.3) is 0 Å². The Kier molecular flexibility index (Phi) is 4.83. The second kappa shape index (κ2) is 6.62. The van der Waals surface area contributed by atoms with Crippen LogP contribution in [-0.4, -0.2) is 18.3 Å². The molecule has 132 valence electrons. The van der Waals surface area contributed by atoms with Crippen LogP contribution in [0.15, 0.2) is 54.6 Å². The summed E-state index contributed by atoms with van der Waals surface area (Å²) in [4.78, 5) is 0. The molecular formula is C22H29BO2. The van der Waals surface area contributed by atoms with E-state index in [4.69, 9.17) is 9.31 Å².